The number of aliphatic imine (C=N–C) groups is 1. The van der Waals surface area contributed by atoms with E-state index in [9.17, 15) is 0 Å². The molecule has 1 heterocycles. The maximum absolute atomic E-state index is 4.23. The Bertz CT molecular complexity index is 101. The Morgan fingerprint density at radius 1 is 1.67 bits per heavy atom. The van der Waals surface area contributed by atoms with Gasteiger partial charge in [-0.2, -0.15) is 0 Å². The molecule has 0 radical (unpaired) electrons. The van der Waals surface area contributed by atoms with E-state index in [-0.39, 0.29) is 12.4 Å². The number of halogens is 1. The van der Waals surface area contributed by atoms with E-state index >= 15 is 0 Å². The van der Waals surface area contributed by atoms with Gasteiger partial charge in [-0.15, -0.1) is 12.4 Å². The summed E-state index contributed by atoms with van der Waals surface area (Å²) in [6.07, 6.45) is 2.33. The standard InChI is InChI=1S/C6H12N2.ClH/c1-2-3-6-7-4-5-8-6;/h2-5H2,1H3,(H,7,8);1H. The van der Waals surface area contributed by atoms with Crippen LogP contribution in [0.3, 0.4) is 0 Å². The van der Waals surface area contributed by atoms with Gasteiger partial charge in [-0.05, 0) is 6.42 Å². The number of nitrogens with one attached hydrogen (secondary N) is 1. The van der Waals surface area contributed by atoms with E-state index in [1.807, 2.05) is 0 Å². The molecule has 54 valence electrons. The van der Waals surface area contributed by atoms with Crippen molar-refractivity contribution < 1.29 is 0 Å². The average molecular weight is 149 g/mol. The zero-order valence-electron chi connectivity index (χ0n) is 5.68. The molecule has 0 aromatic heterocycles. The molecule has 0 saturated heterocycles. The summed E-state index contributed by atoms with van der Waals surface area (Å²) in [5, 5.41) is 3.21. The first-order valence-electron chi connectivity index (χ1n) is 3.20. The van der Waals surface area contributed by atoms with Crippen molar-refractivity contribution in [1.29, 1.82) is 0 Å². The van der Waals surface area contributed by atoms with E-state index < -0.39 is 0 Å². The van der Waals surface area contributed by atoms with Gasteiger partial charge in [-0.25, -0.2) is 0 Å². The Hall–Kier alpha value is -0.240. The maximum atomic E-state index is 4.23. The van der Waals surface area contributed by atoms with Crippen molar-refractivity contribution in [3.8, 4) is 0 Å². The summed E-state index contributed by atoms with van der Waals surface area (Å²) < 4.78 is 0. The Morgan fingerprint density at radius 2 is 2.44 bits per heavy atom. The summed E-state index contributed by atoms with van der Waals surface area (Å²) in [6, 6.07) is 0. The van der Waals surface area contributed by atoms with E-state index in [0.29, 0.717) is 0 Å². The van der Waals surface area contributed by atoms with Gasteiger partial charge in [-0.1, -0.05) is 6.92 Å². The second-order valence-electron chi connectivity index (χ2n) is 2.01. The highest BCUT2D eigenvalue weighted by molar-refractivity contribution is 5.85. The third-order valence-corrected chi connectivity index (χ3v) is 1.23. The van der Waals surface area contributed by atoms with Crippen LogP contribution in [-0.2, 0) is 0 Å². The van der Waals surface area contributed by atoms with Crippen molar-refractivity contribution in [3.05, 3.63) is 0 Å². The third-order valence-electron chi connectivity index (χ3n) is 1.23. The van der Waals surface area contributed by atoms with Gasteiger partial charge in [0, 0.05) is 13.0 Å². The van der Waals surface area contributed by atoms with Crippen molar-refractivity contribution in [2.24, 2.45) is 4.99 Å². The molecule has 1 rings (SSSR count). The highest BCUT2D eigenvalue weighted by Crippen LogP contribution is 1.93. The first-order chi connectivity index (χ1) is 3.93. The van der Waals surface area contributed by atoms with Crippen LogP contribution in [0, 0.1) is 0 Å². The third kappa shape index (κ3) is 2.70. The van der Waals surface area contributed by atoms with Crippen molar-refractivity contribution in [1.82, 2.24) is 5.32 Å². The van der Waals surface area contributed by atoms with Crippen LogP contribution in [0.5, 0.6) is 0 Å². The first kappa shape index (κ1) is 8.76. The first-order valence-corrected chi connectivity index (χ1v) is 3.20. The lowest BCUT2D eigenvalue weighted by atomic mass is 10.3. The zero-order chi connectivity index (χ0) is 5.82. The zero-order valence-corrected chi connectivity index (χ0v) is 6.50. The van der Waals surface area contributed by atoms with Gasteiger partial charge in [0.15, 0.2) is 0 Å². The van der Waals surface area contributed by atoms with Gasteiger partial charge in [-0.3, -0.25) is 4.99 Å². The summed E-state index contributed by atoms with van der Waals surface area (Å²) in [4.78, 5) is 4.23. The number of hydrogen-bond acceptors (Lipinski definition) is 2. The fourth-order valence-electron chi connectivity index (χ4n) is 0.851. The van der Waals surface area contributed by atoms with Crippen molar-refractivity contribution in [2.75, 3.05) is 13.1 Å². The minimum atomic E-state index is 0. The monoisotopic (exact) mass is 148 g/mol. The number of hydrogen-bond donors (Lipinski definition) is 1. The second-order valence-corrected chi connectivity index (χ2v) is 2.01. The molecule has 0 fully saturated rings. The van der Waals surface area contributed by atoms with Crippen molar-refractivity contribution in [2.45, 2.75) is 19.8 Å². The van der Waals surface area contributed by atoms with Crippen LogP contribution in [0.2, 0.25) is 0 Å². The molecular formula is C6H13ClN2. The van der Waals surface area contributed by atoms with Crippen LogP contribution in [-0.4, -0.2) is 18.9 Å². The molecule has 0 atom stereocenters. The molecule has 1 aliphatic heterocycles. The molecule has 3 heteroatoms. The van der Waals surface area contributed by atoms with E-state index in [4.69, 9.17) is 0 Å². The molecule has 0 aromatic carbocycles. The summed E-state index contributed by atoms with van der Waals surface area (Å²) in [7, 11) is 0. The van der Waals surface area contributed by atoms with Gasteiger partial charge in [0.25, 0.3) is 0 Å². The molecule has 1 aliphatic rings. The molecular weight excluding hydrogens is 136 g/mol. The predicted octanol–water partition coefficient (Wildman–Crippen LogP) is 1.21. The quantitative estimate of drug-likeness (QED) is 0.626. The lowest BCUT2D eigenvalue weighted by Gasteiger charge is -1.95. The highest BCUT2D eigenvalue weighted by atomic mass is 35.5. The molecule has 0 aromatic rings. The van der Waals surface area contributed by atoms with Crippen LogP contribution >= 0.6 is 12.4 Å². The fraction of sp³-hybridized carbons (Fsp3) is 0.833. The normalized spacial score (nSPS) is 15.9. The lowest BCUT2D eigenvalue weighted by Crippen LogP contribution is -2.17. The summed E-state index contributed by atoms with van der Waals surface area (Å²) >= 11 is 0. The summed E-state index contributed by atoms with van der Waals surface area (Å²) in [5.41, 5.74) is 0. The average Bonchev–Trinajstić information content (AvgIpc) is 2.19. The Balaban J connectivity index is 0.000000640. The Kier molecular flexibility index (Phi) is 4.50. The largest absolute Gasteiger partial charge is 0.372 e. The lowest BCUT2D eigenvalue weighted by molar-refractivity contribution is 0.921. The van der Waals surface area contributed by atoms with Crippen molar-refractivity contribution >= 4 is 18.2 Å². The van der Waals surface area contributed by atoms with Gasteiger partial charge < -0.3 is 5.32 Å². The van der Waals surface area contributed by atoms with Gasteiger partial charge in [0.1, 0.15) is 0 Å². The van der Waals surface area contributed by atoms with Crippen LogP contribution in [0.1, 0.15) is 19.8 Å². The maximum Gasteiger partial charge on any atom is 0.0964 e. The Morgan fingerprint density at radius 3 is 2.89 bits per heavy atom. The topological polar surface area (TPSA) is 24.4 Å². The smallest absolute Gasteiger partial charge is 0.0964 e. The summed E-state index contributed by atoms with van der Waals surface area (Å²) in [5.74, 6) is 1.20. The minimum Gasteiger partial charge on any atom is -0.372 e. The van der Waals surface area contributed by atoms with Gasteiger partial charge in [0.2, 0.25) is 0 Å². The SMILES string of the molecule is CCCC1=NCCN1.Cl. The highest BCUT2D eigenvalue weighted by Gasteiger charge is 2.00. The van der Waals surface area contributed by atoms with Gasteiger partial charge in [0.05, 0.1) is 12.4 Å². The summed E-state index contributed by atoms with van der Waals surface area (Å²) in [6.45, 7) is 4.20. The molecule has 1 N–H and O–H groups in total. The van der Waals surface area contributed by atoms with E-state index in [2.05, 4.69) is 17.2 Å². The van der Waals surface area contributed by atoms with Crippen LogP contribution in [0.25, 0.3) is 0 Å². The van der Waals surface area contributed by atoms with Crippen LogP contribution in [0.4, 0.5) is 0 Å². The van der Waals surface area contributed by atoms with E-state index in [1.165, 1.54) is 12.3 Å². The number of rotatable bonds is 2. The molecule has 0 unspecified atom stereocenters. The molecule has 0 saturated carbocycles. The fourth-order valence-corrected chi connectivity index (χ4v) is 0.851. The number of nitrogens with zero attached hydrogens (tertiary/aromatic N) is 1. The molecule has 0 amide bonds. The second kappa shape index (κ2) is 4.62. The van der Waals surface area contributed by atoms with Gasteiger partial charge >= 0.3 is 0 Å². The molecule has 2 nitrogen and oxygen atoms in total. The minimum absolute atomic E-state index is 0. The van der Waals surface area contributed by atoms with E-state index in [0.717, 1.165) is 19.5 Å². The predicted molar refractivity (Wildman–Crippen MR) is 42.5 cm³/mol. The van der Waals surface area contributed by atoms with Crippen molar-refractivity contribution in [3.63, 3.8) is 0 Å². The molecule has 0 bridgehead atoms. The Labute approximate surface area is 62.2 Å². The molecule has 0 aliphatic carbocycles. The van der Waals surface area contributed by atoms with Crippen LogP contribution in [0.15, 0.2) is 4.99 Å². The van der Waals surface area contributed by atoms with Crippen LogP contribution < -0.4 is 5.32 Å². The van der Waals surface area contributed by atoms with E-state index in [1.54, 1.807) is 0 Å². The molecule has 0 spiro atoms. The number of amidine groups is 1. The molecule has 9 heavy (non-hydrogen) atoms.